The molecule has 5 heteroatoms. The highest BCUT2D eigenvalue weighted by atomic mass is 32.1. The molecule has 1 fully saturated rings. The van der Waals surface area contributed by atoms with E-state index in [1.54, 1.807) is 11.3 Å². The van der Waals surface area contributed by atoms with Crippen LogP contribution in [0.25, 0.3) is 0 Å². The third-order valence-corrected chi connectivity index (χ3v) is 4.28. The number of guanidine groups is 1. The maximum atomic E-state index is 6.06. The molecule has 0 atom stereocenters. The topological polar surface area (TPSA) is 54.5 Å². The maximum absolute atomic E-state index is 6.06. The molecule has 100 valence electrons. The number of aliphatic imine (C=N–C) groups is 1. The standard InChI is InChI=1S/C13H22N4S/c1-2-12-16-11(10-18-12)9-15-13(14)17-7-5-3-4-6-8-17/h10H,2-9H2,1H3,(H2,14,15). The first-order chi connectivity index (χ1) is 8.79. The van der Waals surface area contributed by atoms with E-state index in [0.717, 1.165) is 25.2 Å². The Hall–Kier alpha value is -1.10. The second-order valence-corrected chi connectivity index (χ2v) is 5.60. The average Bonchev–Trinajstić information content (AvgIpc) is 2.68. The van der Waals surface area contributed by atoms with E-state index < -0.39 is 0 Å². The Morgan fingerprint density at radius 3 is 2.72 bits per heavy atom. The third-order valence-electron chi connectivity index (χ3n) is 3.23. The van der Waals surface area contributed by atoms with Crippen LogP contribution in [0.3, 0.4) is 0 Å². The quantitative estimate of drug-likeness (QED) is 0.675. The van der Waals surface area contributed by atoms with Crippen molar-refractivity contribution in [2.75, 3.05) is 13.1 Å². The van der Waals surface area contributed by atoms with Gasteiger partial charge >= 0.3 is 0 Å². The van der Waals surface area contributed by atoms with Crippen LogP contribution in [0.5, 0.6) is 0 Å². The molecule has 18 heavy (non-hydrogen) atoms. The van der Waals surface area contributed by atoms with Gasteiger partial charge in [-0.3, -0.25) is 0 Å². The molecular formula is C13H22N4S. The zero-order valence-corrected chi connectivity index (χ0v) is 11.9. The summed E-state index contributed by atoms with van der Waals surface area (Å²) in [4.78, 5) is 11.2. The summed E-state index contributed by atoms with van der Waals surface area (Å²) in [6.07, 6.45) is 6.08. The van der Waals surface area contributed by atoms with E-state index in [2.05, 4.69) is 27.2 Å². The molecule has 0 aromatic carbocycles. The highest BCUT2D eigenvalue weighted by Crippen LogP contribution is 2.12. The van der Waals surface area contributed by atoms with Crippen LogP contribution >= 0.6 is 11.3 Å². The van der Waals surface area contributed by atoms with Crippen molar-refractivity contribution < 1.29 is 0 Å². The van der Waals surface area contributed by atoms with Crippen molar-refractivity contribution in [1.82, 2.24) is 9.88 Å². The lowest BCUT2D eigenvalue weighted by molar-refractivity contribution is 0.428. The first-order valence-corrected chi connectivity index (χ1v) is 7.65. The Labute approximate surface area is 113 Å². The Balaban J connectivity index is 1.90. The van der Waals surface area contributed by atoms with E-state index in [4.69, 9.17) is 5.73 Å². The molecule has 0 aliphatic carbocycles. The molecule has 0 saturated carbocycles. The Morgan fingerprint density at radius 1 is 1.39 bits per heavy atom. The predicted octanol–water partition coefficient (Wildman–Crippen LogP) is 2.40. The second kappa shape index (κ2) is 6.73. The van der Waals surface area contributed by atoms with Gasteiger partial charge in [-0.25, -0.2) is 9.98 Å². The summed E-state index contributed by atoms with van der Waals surface area (Å²) >= 11 is 1.71. The molecule has 0 amide bonds. The fourth-order valence-corrected chi connectivity index (χ4v) is 2.88. The third kappa shape index (κ3) is 3.70. The van der Waals surface area contributed by atoms with Gasteiger partial charge in [-0.15, -0.1) is 11.3 Å². The van der Waals surface area contributed by atoms with Crippen molar-refractivity contribution >= 4 is 17.3 Å². The summed E-state index contributed by atoms with van der Waals surface area (Å²) in [6, 6.07) is 0. The number of hydrogen-bond acceptors (Lipinski definition) is 3. The van der Waals surface area contributed by atoms with E-state index in [0.29, 0.717) is 12.5 Å². The molecule has 2 N–H and O–H groups in total. The van der Waals surface area contributed by atoms with Crippen LogP contribution < -0.4 is 5.73 Å². The van der Waals surface area contributed by atoms with Crippen LogP contribution in [0.1, 0.15) is 43.3 Å². The van der Waals surface area contributed by atoms with Gasteiger partial charge in [0, 0.05) is 18.5 Å². The molecule has 2 rings (SSSR count). The Kier molecular flexibility index (Phi) is 4.99. The van der Waals surface area contributed by atoms with E-state index in [9.17, 15) is 0 Å². The molecule has 4 nitrogen and oxygen atoms in total. The Bertz CT molecular complexity index is 391. The number of hydrogen-bond donors (Lipinski definition) is 1. The van der Waals surface area contributed by atoms with Crippen LogP contribution in [-0.2, 0) is 13.0 Å². The maximum Gasteiger partial charge on any atom is 0.191 e. The summed E-state index contributed by atoms with van der Waals surface area (Å²) in [6.45, 7) is 4.83. The van der Waals surface area contributed by atoms with Crippen LogP contribution in [0.15, 0.2) is 10.4 Å². The van der Waals surface area contributed by atoms with Gasteiger partial charge in [-0.2, -0.15) is 0 Å². The van der Waals surface area contributed by atoms with E-state index in [-0.39, 0.29) is 0 Å². The van der Waals surface area contributed by atoms with Crippen molar-refractivity contribution in [2.45, 2.75) is 45.6 Å². The molecule has 0 unspecified atom stereocenters. The first-order valence-electron chi connectivity index (χ1n) is 6.77. The van der Waals surface area contributed by atoms with Gasteiger partial charge in [0.1, 0.15) is 0 Å². The molecule has 0 bridgehead atoms. The zero-order valence-electron chi connectivity index (χ0n) is 11.1. The van der Waals surface area contributed by atoms with E-state index in [1.807, 2.05) is 0 Å². The van der Waals surface area contributed by atoms with Gasteiger partial charge < -0.3 is 10.6 Å². The lowest BCUT2D eigenvalue weighted by Gasteiger charge is -2.20. The normalized spacial score (nSPS) is 17.8. The van der Waals surface area contributed by atoms with Gasteiger partial charge in [0.15, 0.2) is 5.96 Å². The van der Waals surface area contributed by atoms with Gasteiger partial charge in [0.05, 0.1) is 17.2 Å². The fourth-order valence-electron chi connectivity index (χ4n) is 2.15. The van der Waals surface area contributed by atoms with Gasteiger partial charge in [-0.1, -0.05) is 19.8 Å². The number of nitrogens with two attached hydrogens (primary N) is 1. The van der Waals surface area contributed by atoms with Crippen molar-refractivity contribution in [3.63, 3.8) is 0 Å². The minimum absolute atomic E-state index is 0.610. The summed E-state index contributed by atoms with van der Waals surface area (Å²) in [7, 11) is 0. The minimum atomic E-state index is 0.610. The fraction of sp³-hybridized carbons (Fsp3) is 0.692. The summed E-state index contributed by atoms with van der Waals surface area (Å²) in [5.74, 6) is 0.683. The smallest absolute Gasteiger partial charge is 0.191 e. The molecule has 0 spiro atoms. The SMILES string of the molecule is CCc1nc(CN=C(N)N2CCCCCC2)cs1. The molecule has 2 heterocycles. The largest absolute Gasteiger partial charge is 0.370 e. The van der Waals surface area contributed by atoms with E-state index >= 15 is 0 Å². The monoisotopic (exact) mass is 266 g/mol. The summed E-state index contributed by atoms with van der Waals surface area (Å²) in [5, 5.41) is 3.26. The van der Waals surface area contributed by atoms with Crippen LogP contribution in [-0.4, -0.2) is 28.9 Å². The van der Waals surface area contributed by atoms with Gasteiger partial charge in [0.2, 0.25) is 0 Å². The molecule has 1 aromatic heterocycles. The number of likely N-dealkylation sites (tertiary alicyclic amines) is 1. The number of aromatic nitrogens is 1. The minimum Gasteiger partial charge on any atom is -0.370 e. The molecule has 1 aliphatic heterocycles. The van der Waals surface area contributed by atoms with Gasteiger partial charge in [-0.05, 0) is 19.3 Å². The number of aryl methyl sites for hydroxylation is 1. The average molecular weight is 266 g/mol. The molecular weight excluding hydrogens is 244 g/mol. The van der Waals surface area contributed by atoms with Crippen LogP contribution in [0, 0.1) is 0 Å². The van der Waals surface area contributed by atoms with Crippen molar-refractivity contribution in [1.29, 1.82) is 0 Å². The molecule has 0 radical (unpaired) electrons. The Morgan fingerprint density at radius 2 is 2.11 bits per heavy atom. The lowest BCUT2D eigenvalue weighted by atomic mass is 10.2. The molecule has 1 aliphatic rings. The zero-order chi connectivity index (χ0) is 12.8. The van der Waals surface area contributed by atoms with Crippen LogP contribution in [0.2, 0.25) is 0 Å². The number of thiazole rings is 1. The van der Waals surface area contributed by atoms with Crippen molar-refractivity contribution in [3.05, 3.63) is 16.1 Å². The number of rotatable bonds is 3. The van der Waals surface area contributed by atoms with Crippen LogP contribution in [0.4, 0.5) is 0 Å². The lowest BCUT2D eigenvalue weighted by Crippen LogP contribution is -2.38. The highest BCUT2D eigenvalue weighted by Gasteiger charge is 2.10. The predicted molar refractivity (Wildman–Crippen MR) is 76.9 cm³/mol. The molecule has 1 aromatic rings. The molecule has 1 saturated heterocycles. The first kappa shape index (κ1) is 13.3. The van der Waals surface area contributed by atoms with Gasteiger partial charge in [0.25, 0.3) is 0 Å². The van der Waals surface area contributed by atoms with E-state index in [1.165, 1.54) is 30.7 Å². The number of nitrogens with zero attached hydrogens (tertiary/aromatic N) is 3. The summed E-state index contributed by atoms with van der Waals surface area (Å²) < 4.78 is 0. The van der Waals surface area contributed by atoms with Crippen molar-refractivity contribution in [2.24, 2.45) is 10.7 Å². The summed E-state index contributed by atoms with van der Waals surface area (Å²) in [5.41, 5.74) is 7.09. The second-order valence-electron chi connectivity index (χ2n) is 4.66. The van der Waals surface area contributed by atoms with Crippen molar-refractivity contribution in [3.8, 4) is 0 Å². The highest BCUT2D eigenvalue weighted by molar-refractivity contribution is 7.09.